The van der Waals surface area contributed by atoms with E-state index in [1.807, 2.05) is 0 Å². The van der Waals surface area contributed by atoms with Crippen molar-refractivity contribution in [2.24, 2.45) is 0 Å². The summed E-state index contributed by atoms with van der Waals surface area (Å²) in [6.07, 6.45) is 3.14. The highest BCUT2D eigenvalue weighted by Gasteiger charge is 2.30. The number of nitro groups is 1. The maximum absolute atomic E-state index is 10.8. The van der Waals surface area contributed by atoms with Gasteiger partial charge in [0.05, 0.1) is 22.6 Å². The molecule has 0 unspecified atom stereocenters. The first-order valence-corrected chi connectivity index (χ1v) is 6.84. The zero-order valence-electron chi connectivity index (χ0n) is 10.4. The quantitative estimate of drug-likeness (QED) is 0.619. The van der Waals surface area contributed by atoms with Crippen molar-refractivity contribution < 1.29 is 14.4 Å². The van der Waals surface area contributed by atoms with Crippen LogP contribution in [-0.2, 0) is 12.8 Å². The second-order valence-electron chi connectivity index (χ2n) is 4.58. The summed E-state index contributed by atoms with van der Waals surface area (Å²) in [6, 6.07) is 0. The molecule has 0 saturated carbocycles. The molecule has 0 aromatic heterocycles. The van der Waals surface area contributed by atoms with Crippen LogP contribution in [0.1, 0.15) is 23.6 Å². The number of benzene rings is 1. The summed E-state index contributed by atoms with van der Waals surface area (Å²) < 4.78 is 12.2. The van der Waals surface area contributed by atoms with Crippen molar-refractivity contribution in [2.45, 2.75) is 19.8 Å². The highest BCUT2D eigenvalue weighted by molar-refractivity contribution is 9.10. The number of nitrogens with zero attached hydrogens (tertiary/aromatic N) is 1. The van der Waals surface area contributed by atoms with E-state index >= 15 is 0 Å². The number of hydrogen-bond donors (Lipinski definition) is 0. The fraction of sp³-hybridized carbons (Fsp3) is 0.385. The van der Waals surface area contributed by atoms with Gasteiger partial charge in [-0.2, -0.15) is 0 Å². The second kappa shape index (κ2) is 4.52. The Labute approximate surface area is 118 Å². The Morgan fingerprint density at radius 1 is 1.26 bits per heavy atom. The minimum absolute atomic E-state index is 0.106. The van der Waals surface area contributed by atoms with Crippen LogP contribution in [-0.4, -0.2) is 18.1 Å². The van der Waals surface area contributed by atoms with E-state index in [4.69, 9.17) is 9.47 Å². The lowest BCUT2D eigenvalue weighted by molar-refractivity contribution is -0.422. The van der Waals surface area contributed by atoms with Gasteiger partial charge in [-0.15, -0.1) is 0 Å². The van der Waals surface area contributed by atoms with Crippen LogP contribution in [0.25, 0.3) is 6.08 Å². The molecule has 0 amide bonds. The number of fused-ring (bicyclic) bond motifs is 2. The molecule has 6 heteroatoms. The summed E-state index contributed by atoms with van der Waals surface area (Å²) in [5.74, 6) is 1.57. The Bertz CT molecular complexity index is 574. The van der Waals surface area contributed by atoms with Crippen molar-refractivity contribution in [3.8, 4) is 11.5 Å². The van der Waals surface area contributed by atoms with Gasteiger partial charge in [-0.05, 0) is 15.9 Å². The van der Waals surface area contributed by atoms with Crippen LogP contribution in [0.15, 0.2) is 10.2 Å². The van der Waals surface area contributed by atoms with E-state index in [1.54, 1.807) is 6.08 Å². The van der Waals surface area contributed by atoms with Crippen LogP contribution < -0.4 is 9.47 Å². The van der Waals surface area contributed by atoms with E-state index in [2.05, 4.69) is 15.9 Å². The molecule has 100 valence electrons. The second-order valence-corrected chi connectivity index (χ2v) is 5.38. The van der Waals surface area contributed by atoms with Crippen molar-refractivity contribution in [1.29, 1.82) is 0 Å². The van der Waals surface area contributed by atoms with E-state index in [-0.39, 0.29) is 10.6 Å². The lowest BCUT2D eigenvalue weighted by atomic mass is 9.99. The Kier molecular flexibility index (Phi) is 2.97. The van der Waals surface area contributed by atoms with Gasteiger partial charge in [0.25, 0.3) is 0 Å². The molecule has 2 aliphatic rings. The summed E-state index contributed by atoms with van der Waals surface area (Å²) in [6.45, 7) is 2.70. The average Bonchev–Trinajstić information content (AvgIpc) is 3.02. The molecule has 0 radical (unpaired) electrons. The SMILES string of the molecule is C/C(=C\c1c2c(c(Br)c3c1OCC3)OCC2)[N+](=O)[O-]. The van der Waals surface area contributed by atoms with Crippen LogP contribution in [0.2, 0.25) is 0 Å². The Morgan fingerprint density at radius 2 is 1.89 bits per heavy atom. The smallest absolute Gasteiger partial charge is 0.243 e. The Balaban J connectivity index is 2.25. The molecule has 2 aliphatic heterocycles. The molecule has 2 heterocycles. The molecule has 0 saturated heterocycles. The number of hydrogen-bond acceptors (Lipinski definition) is 4. The van der Waals surface area contributed by atoms with Crippen molar-refractivity contribution >= 4 is 22.0 Å². The predicted octanol–water partition coefficient (Wildman–Crippen LogP) is 2.96. The van der Waals surface area contributed by atoms with Gasteiger partial charge in [0.15, 0.2) is 0 Å². The fourth-order valence-electron chi connectivity index (χ4n) is 2.50. The Hall–Kier alpha value is -1.56. The van der Waals surface area contributed by atoms with Gasteiger partial charge in [0, 0.05) is 42.5 Å². The van der Waals surface area contributed by atoms with Crippen molar-refractivity contribution in [3.63, 3.8) is 0 Å². The van der Waals surface area contributed by atoms with Gasteiger partial charge in [-0.1, -0.05) is 0 Å². The molecule has 0 atom stereocenters. The predicted molar refractivity (Wildman–Crippen MR) is 73.2 cm³/mol. The Morgan fingerprint density at radius 3 is 2.58 bits per heavy atom. The number of halogens is 1. The molecule has 0 fully saturated rings. The fourth-order valence-corrected chi connectivity index (χ4v) is 3.23. The van der Waals surface area contributed by atoms with Gasteiger partial charge < -0.3 is 9.47 Å². The highest BCUT2D eigenvalue weighted by atomic mass is 79.9. The number of ether oxygens (including phenoxy) is 2. The number of rotatable bonds is 2. The van der Waals surface area contributed by atoms with E-state index in [0.717, 1.165) is 45.5 Å². The summed E-state index contributed by atoms with van der Waals surface area (Å²) >= 11 is 3.55. The first-order chi connectivity index (χ1) is 9.09. The lowest BCUT2D eigenvalue weighted by Crippen LogP contribution is -1.97. The van der Waals surface area contributed by atoms with Crippen LogP contribution >= 0.6 is 15.9 Å². The van der Waals surface area contributed by atoms with Gasteiger partial charge in [0.2, 0.25) is 5.70 Å². The average molecular weight is 326 g/mol. The summed E-state index contributed by atoms with van der Waals surface area (Å²) in [5, 5.41) is 10.8. The number of allylic oxidation sites excluding steroid dienone is 1. The molecule has 0 aliphatic carbocycles. The molecule has 1 aromatic rings. The van der Waals surface area contributed by atoms with Gasteiger partial charge in [0.1, 0.15) is 11.5 Å². The zero-order chi connectivity index (χ0) is 13.6. The first kappa shape index (κ1) is 12.5. The molecule has 1 aromatic carbocycles. The van der Waals surface area contributed by atoms with Crippen molar-refractivity contribution in [2.75, 3.05) is 13.2 Å². The first-order valence-electron chi connectivity index (χ1n) is 6.05. The maximum Gasteiger partial charge on any atom is 0.243 e. The van der Waals surface area contributed by atoms with Crippen molar-refractivity contribution in [3.05, 3.63) is 37.0 Å². The molecule has 0 bridgehead atoms. The summed E-state index contributed by atoms with van der Waals surface area (Å²) in [7, 11) is 0. The standard InChI is InChI=1S/C13H12BrNO4/c1-7(15(16)17)6-10-8-2-4-19-13(8)11(14)9-3-5-18-12(9)10/h6H,2-5H2,1H3/b7-6+. The summed E-state index contributed by atoms with van der Waals surface area (Å²) in [4.78, 5) is 10.4. The third-order valence-electron chi connectivity index (χ3n) is 3.42. The van der Waals surface area contributed by atoms with Gasteiger partial charge in [-0.25, -0.2) is 0 Å². The normalized spacial score (nSPS) is 16.6. The van der Waals surface area contributed by atoms with Crippen LogP contribution in [0.4, 0.5) is 0 Å². The highest BCUT2D eigenvalue weighted by Crippen LogP contribution is 2.47. The molecular weight excluding hydrogens is 314 g/mol. The van der Waals surface area contributed by atoms with Crippen LogP contribution in [0, 0.1) is 10.1 Å². The third kappa shape index (κ3) is 1.90. The minimum atomic E-state index is -0.383. The molecule has 5 nitrogen and oxygen atoms in total. The topological polar surface area (TPSA) is 61.6 Å². The molecule has 0 N–H and O–H groups in total. The lowest BCUT2D eigenvalue weighted by Gasteiger charge is -2.12. The largest absolute Gasteiger partial charge is 0.492 e. The van der Waals surface area contributed by atoms with E-state index in [9.17, 15) is 10.1 Å². The zero-order valence-corrected chi connectivity index (χ0v) is 11.9. The molecule has 0 spiro atoms. The van der Waals surface area contributed by atoms with Crippen molar-refractivity contribution in [1.82, 2.24) is 0 Å². The molecule has 19 heavy (non-hydrogen) atoms. The third-order valence-corrected chi connectivity index (χ3v) is 4.26. The summed E-state index contributed by atoms with van der Waals surface area (Å²) in [5.41, 5.74) is 2.95. The van der Waals surface area contributed by atoms with E-state index < -0.39 is 0 Å². The van der Waals surface area contributed by atoms with E-state index in [0.29, 0.717) is 13.2 Å². The van der Waals surface area contributed by atoms with Crippen LogP contribution in [0.5, 0.6) is 11.5 Å². The van der Waals surface area contributed by atoms with Gasteiger partial charge >= 0.3 is 0 Å². The van der Waals surface area contributed by atoms with Gasteiger partial charge in [-0.3, -0.25) is 10.1 Å². The van der Waals surface area contributed by atoms with Crippen LogP contribution in [0.3, 0.4) is 0 Å². The molecule has 3 rings (SSSR count). The maximum atomic E-state index is 10.8. The van der Waals surface area contributed by atoms with E-state index in [1.165, 1.54) is 6.92 Å². The monoisotopic (exact) mass is 325 g/mol. The molecular formula is C13H12BrNO4. The minimum Gasteiger partial charge on any atom is -0.492 e.